The lowest BCUT2D eigenvalue weighted by Crippen LogP contribution is -2.31. The van der Waals surface area contributed by atoms with Crippen LogP contribution >= 0.6 is 35.0 Å². The second-order valence-electron chi connectivity index (χ2n) is 8.56. The van der Waals surface area contributed by atoms with Crippen LogP contribution in [0.2, 0.25) is 10.0 Å². The van der Waals surface area contributed by atoms with E-state index in [1.807, 2.05) is 12.1 Å². The number of benzene rings is 1. The number of nitrogens with zero attached hydrogens (tertiary/aromatic N) is 5. The summed E-state index contributed by atoms with van der Waals surface area (Å²) >= 11 is 13.9. The van der Waals surface area contributed by atoms with Gasteiger partial charge in [-0.1, -0.05) is 47.1 Å². The van der Waals surface area contributed by atoms with Crippen LogP contribution in [0.4, 0.5) is 5.82 Å². The third-order valence-electron chi connectivity index (χ3n) is 6.10. The van der Waals surface area contributed by atoms with Crippen molar-refractivity contribution < 1.29 is 15.3 Å². The molecule has 0 bridgehead atoms. The van der Waals surface area contributed by atoms with E-state index in [4.69, 9.17) is 23.2 Å². The van der Waals surface area contributed by atoms with Gasteiger partial charge in [0.1, 0.15) is 12.2 Å². The van der Waals surface area contributed by atoms with Crippen LogP contribution in [0.25, 0.3) is 11.2 Å². The first kappa shape index (κ1) is 23.1. The molecule has 6 unspecified atom stereocenters. The van der Waals surface area contributed by atoms with Crippen molar-refractivity contribution in [2.24, 2.45) is 0 Å². The summed E-state index contributed by atoms with van der Waals surface area (Å²) in [5.74, 6) is 1.66. The summed E-state index contributed by atoms with van der Waals surface area (Å²) in [4.78, 5) is 9.31. The Morgan fingerprint density at radius 1 is 1.09 bits per heavy atom. The predicted octanol–water partition coefficient (Wildman–Crippen LogP) is 3.03. The van der Waals surface area contributed by atoms with Gasteiger partial charge in [-0.05, 0) is 36.6 Å². The number of fused-ring (bicyclic) bond motifs is 1. The molecule has 6 atom stereocenters. The van der Waals surface area contributed by atoms with Gasteiger partial charge in [0, 0.05) is 34.2 Å². The van der Waals surface area contributed by atoms with Crippen molar-refractivity contribution in [3.8, 4) is 0 Å². The molecule has 2 aromatic heterocycles. The molecule has 2 heterocycles. The van der Waals surface area contributed by atoms with Crippen LogP contribution < -0.4 is 5.32 Å². The third-order valence-corrected chi connectivity index (χ3v) is 7.59. The summed E-state index contributed by atoms with van der Waals surface area (Å²) in [7, 11) is 0. The van der Waals surface area contributed by atoms with Crippen LogP contribution in [-0.2, 0) is 0 Å². The van der Waals surface area contributed by atoms with Crippen molar-refractivity contribution in [2.75, 3.05) is 11.1 Å². The van der Waals surface area contributed by atoms with E-state index in [9.17, 15) is 15.3 Å². The van der Waals surface area contributed by atoms with Crippen LogP contribution in [0.1, 0.15) is 43.7 Å². The molecule has 3 aromatic rings. The summed E-state index contributed by atoms with van der Waals surface area (Å²) in [6.45, 7) is 2.08. The molecule has 4 N–H and O–H groups in total. The first-order valence-corrected chi connectivity index (χ1v) is 12.6. The molecule has 176 valence electrons. The molecule has 0 aliphatic heterocycles. The van der Waals surface area contributed by atoms with Gasteiger partial charge < -0.3 is 20.6 Å². The molecule has 1 aromatic carbocycles. The first-order chi connectivity index (χ1) is 15.9. The highest BCUT2D eigenvalue weighted by atomic mass is 35.5. The first-order valence-electron chi connectivity index (χ1n) is 10.9. The number of thioether (sulfide) groups is 1. The average Bonchev–Trinajstić information content (AvgIpc) is 3.34. The molecule has 0 saturated heterocycles. The molecule has 0 radical (unpaired) electrons. The monoisotopic (exact) mass is 510 g/mol. The van der Waals surface area contributed by atoms with Crippen molar-refractivity contribution in [2.45, 2.75) is 67.7 Å². The molecule has 9 nitrogen and oxygen atoms in total. The smallest absolute Gasteiger partial charge is 0.191 e. The Balaban J connectivity index is 1.46. The summed E-state index contributed by atoms with van der Waals surface area (Å²) < 4.78 is 1.49. The van der Waals surface area contributed by atoms with E-state index >= 15 is 0 Å². The maximum atomic E-state index is 10.4. The summed E-state index contributed by atoms with van der Waals surface area (Å²) in [5, 5.41) is 44.2. The van der Waals surface area contributed by atoms with Gasteiger partial charge in [-0.2, -0.15) is 0 Å². The van der Waals surface area contributed by atoms with Crippen LogP contribution in [-0.4, -0.2) is 70.4 Å². The zero-order chi connectivity index (χ0) is 23.3. The fourth-order valence-electron chi connectivity index (χ4n) is 4.31. The van der Waals surface area contributed by atoms with Crippen LogP contribution in [0.5, 0.6) is 0 Å². The minimum Gasteiger partial charge on any atom is -0.390 e. The quantitative estimate of drug-likeness (QED) is 0.279. The predicted molar refractivity (Wildman–Crippen MR) is 127 cm³/mol. The van der Waals surface area contributed by atoms with Crippen LogP contribution in [0, 0.1) is 0 Å². The van der Waals surface area contributed by atoms with Crippen molar-refractivity contribution >= 4 is 51.9 Å². The van der Waals surface area contributed by atoms with Crippen molar-refractivity contribution in [1.82, 2.24) is 25.0 Å². The summed E-state index contributed by atoms with van der Waals surface area (Å²) in [6.07, 6.45) is -1.41. The molecule has 2 saturated carbocycles. The van der Waals surface area contributed by atoms with E-state index < -0.39 is 24.4 Å². The van der Waals surface area contributed by atoms with Crippen molar-refractivity contribution in [3.63, 3.8) is 0 Å². The van der Waals surface area contributed by atoms with Gasteiger partial charge in [0.15, 0.2) is 22.1 Å². The lowest BCUT2D eigenvalue weighted by molar-refractivity contribution is -0.0253. The Hall–Kier alpha value is -1.69. The van der Waals surface area contributed by atoms with E-state index in [0.29, 0.717) is 32.2 Å². The Kier molecular flexibility index (Phi) is 6.41. The molecular weight excluding hydrogens is 487 g/mol. The van der Waals surface area contributed by atoms with Gasteiger partial charge >= 0.3 is 0 Å². The van der Waals surface area contributed by atoms with Gasteiger partial charge in [-0.3, -0.25) is 0 Å². The number of hydrogen-bond donors (Lipinski definition) is 4. The summed E-state index contributed by atoms with van der Waals surface area (Å²) in [5.41, 5.74) is 2.00. The van der Waals surface area contributed by atoms with Crippen molar-refractivity contribution in [1.29, 1.82) is 0 Å². The minimum atomic E-state index is -1.24. The van der Waals surface area contributed by atoms with E-state index in [1.54, 1.807) is 6.07 Å². The lowest BCUT2D eigenvalue weighted by Gasteiger charge is -2.16. The standard InChI is InChI=1S/C21H24Cl2N6O3S/c1-2-3-33-21-25-19(24-13-7-12(13)9-4-10(22)6-11(23)5-9)16-20(26-21)29(28-27-16)14-8-15(30)18(32)17(14)31/h4-6,12-15,17-18,30-32H,2-3,7-8H2,1H3,(H,24,25,26). The van der Waals surface area contributed by atoms with E-state index in [0.717, 1.165) is 24.2 Å². The number of aliphatic hydroxyl groups is 3. The molecule has 2 aliphatic carbocycles. The maximum absolute atomic E-state index is 10.4. The van der Waals surface area contributed by atoms with E-state index in [1.165, 1.54) is 16.4 Å². The number of anilines is 1. The van der Waals surface area contributed by atoms with Crippen LogP contribution in [0.3, 0.4) is 0 Å². The van der Waals surface area contributed by atoms with E-state index in [2.05, 4.69) is 32.5 Å². The Morgan fingerprint density at radius 2 is 1.85 bits per heavy atom. The number of nitrogens with one attached hydrogen (secondary N) is 1. The molecule has 33 heavy (non-hydrogen) atoms. The van der Waals surface area contributed by atoms with Gasteiger partial charge in [-0.15, -0.1) is 5.10 Å². The Morgan fingerprint density at radius 3 is 2.52 bits per heavy atom. The molecule has 0 spiro atoms. The SMILES string of the molecule is CCCSc1nc(NC2CC2c2cc(Cl)cc(Cl)c2)c2nnn(C3CC(O)C(O)C3O)c2n1. The molecule has 12 heteroatoms. The molecule has 5 rings (SSSR count). The number of aromatic nitrogens is 5. The Bertz CT molecular complexity index is 1160. The lowest BCUT2D eigenvalue weighted by atomic mass is 10.1. The Labute approximate surface area is 204 Å². The topological polar surface area (TPSA) is 129 Å². The number of rotatable bonds is 7. The number of aliphatic hydroxyl groups excluding tert-OH is 3. The molecule has 0 amide bonds. The zero-order valence-corrected chi connectivity index (χ0v) is 20.1. The minimum absolute atomic E-state index is 0.132. The van der Waals surface area contributed by atoms with Crippen LogP contribution in [0.15, 0.2) is 23.4 Å². The second kappa shape index (κ2) is 9.16. The zero-order valence-electron chi connectivity index (χ0n) is 17.8. The number of halogens is 2. The van der Waals surface area contributed by atoms with Crippen molar-refractivity contribution in [3.05, 3.63) is 33.8 Å². The average molecular weight is 511 g/mol. The highest BCUT2D eigenvalue weighted by molar-refractivity contribution is 7.99. The molecule has 2 aliphatic rings. The largest absolute Gasteiger partial charge is 0.390 e. The highest BCUT2D eigenvalue weighted by Crippen LogP contribution is 2.45. The van der Waals surface area contributed by atoms with Gasteiger partial charge in [0.25, 0.3) is 0 Å². The summed E-state index contributed by atoms with van der Waals surface area (Å²) in [6, 6.07) is 5.06. The normalized spacial score (nSPS) is 29.0. The van der Waals surface area contributed by atoms with Gasteiger partial charge in [-0.25, -0.2) is 14.6 Å². The number of hydrogen-bond acceptors (Lipinski definition) is 9. The van der Waals surface area contributed by atoms with Gasteiger partial charge in [0.2, 0.25) is 0 Å². The highest BCUT2D eigenvalue weighted by Gasteiger charge is 2.44. The second-order valence-corrected chi connectivity index (χ2v) is 10.5. The molecule has 2 fully saturated rings. The third kappa shape index (κ3) is 4.52. The molecular formula is C21H24Cl2N6O3S. The fraction of sp³-hybridized carbons (Fsp3) is 0.524. The van der Waals surface area contributed by atoms with Gasteiger partial charge in [0.05, 0.1) is 12.1 Å². The van der Waals surface area contributed by atoms with E-state index in [-0.39, 0.29) is 18.4 Å². The fourth-order valence-corrected chi connectivity index (χ4v) is 5.54. The maximum Gasteiger partial charge on any atom is 0.191 e.